The summed E-state index contributed by atoms with van der Waals surface area (Å²) in [6.07, 6.45) is 2.47. The maximum absolute atomic E-state index is 13.4. The first-order chi connectivity index (χ1) is 11.3. The fourth-order valence-corrected chi connectivity index (χ4v) is 1.86. The Morgan fingerprint density at radius 1 is 1.25 bits per heavy atom. The van der Waals surface area contributed by atoms with Crippen molar-refractivity contribution in [3.8, 4) is 5.75 Å². The number of ether oxygens (including phenoxy) is 1. The zero-order chi connectivity index (χ0) is 17.7. The molecule has 0 bridgehead atoms. The van der Waals surface area contributed by atoms with Gasteiger partial charge in [-0.05, 0) is 6.92 Å². The maximum atomic E-state index is 13.4. The molecular weight excluding hydrogens is 320 g/mol. The van der Waals surface area contributed by atoms with Crippen LogP contribution in [0.25, 0.3) is 0 Å². The normalized spacial score (nSPS) is 11.0. The van der Waals surface area contributed by atoms with Crippen LogP contribution < -0.4 is 15.4 Å². The highest BCUT2D eigenvalue weighted by molar-refractivity contribution is 5.88. The van der Waals surface area contributed by atoms with E-state index in [2.05, 4.69) is 25.6 Å². The highest BCUT2D eigenvalue weighted by Crippen LogP contribution is 2.31. The number of hydrogen-bond donors (Lipinski definition) is 2. The summed E-state index contributed by atoms with van der Waals surface area (Å²) in [6.45, 7) is 4.29. The van der Waals surface area contributed by atoms with E-state index >= 15 is 0 Å². The van der Waals surface area contributed by atoms with Gasteiger partial charge in [-0.1, -0.05) is 0 Å². The van der Waals surface area contributed by atoms with E-state index in [0.29, 0.717) is 23.9 Å². The van der Waals surface area contributed by atoms with Gasteiger partial charge in [0.2, 0.25) is 5.91 Å². The van der Waals surface area contributed by atoms with Gasteiger partial charge in [0.05, 0.1) is 18.5 Å². The molecule has 0 fully saturated rings. The lowest BCUT2D eigenvalue weighted by Crippen LogP contribution is -2.11. The summed E-state index contributed by atoms with van der Waals surface area (Å²) < 4.78 is 32.2. The summed E-state index contributed by atoms with van der Waals surface area (Å²) in [5.74, 6) is -2.50. The average Bonchev–Trinajstić information content (AvgIpc) is 2.49. The Labute approximate surface area is 137 Å². The van der Waals surface area contributed by atoms with Crippen LogP contribution in [-0.4, -0.2) is 27.5 Å². The zero-order valence-electron chi connectivity index (χ0n) is 13.4. The van der Waals surface area contributed by atoms with Crippen LogP contribution in [0.2, 0.25) is 0 Å². The second-order valence-electron chi connectivity index (χ2n) is 4.98. The number of carbonyl (C=O) groups excluding carboxylic acids is 1. The van der Waals surface area contributed by atoms with E-state index in [4.69, 9.17) is 4.74 Å². The van der Waals surface area contributed by atoms with Gasteiger partial charge in [0.25, 0.3) is 5.92 Å². The molecule has 2 rings (SSSR count). The number of amides is 1. The Balaban J connectivity index is 2.34. The van der Waals surface area contributed by atoms with Crippen molar-refractivity contribution in [1.29, 1.82) is 0 Å². The van der Waals surface area contributed by atoms with Gasteiger partial charge >= 0.3 is 0 Å². The summed E-state index contributed by atoms with van der Waals surface area (Å²) in [5.41, 5.74) is 0.0220. The van der Waals surface area contributed by atoms with E-state index in [1.807, 2.05) is 0 Å². The molecule has 0 atom stereocenters. The van der Waals surface area contributed by atoms with Crippen molar-refractivity contribution < 1.29 is 18.3 Å². The Kier molecular flexibility index (Phi) is 5.22. The van der Waals surface area contributed by atoms with Crippen molar-refractivity contribution in [1.82, 2.24) is 15.0 Å². The number of nitrogens with one attached hydrogen (secondary N) is 2. The van der Waals surface area contributed by atoms with E-state index in [-0.39, 0.29) is 11.7 Å². The van der Waals surface area contributed by atoms with Gasteiger partial charge in [-0.2, -0.15) is 8.78 Å². The SMILES string of the molecule is CCOc1cnc(NC(C)=O)cc1Nc1cc(C(C)(F)F)ncn1. The second kappa shape index (κ2) is 7.16. The molecule has 7 nitrogen and oxygen atoms in total. The van der Waals surface area contributed by atoms with E-state index in [1.165, 1.54) is 19.2 Å². The number of nitrogens with zero attached hydrogens (tertiary/aromatic N) is 3. The predicted molar refractivity (Wildman–Crippen MR) is 84.6 cm³/mol. The third kappa shape index (κ3) is 4.58. The third-order valence-corrected chi connectivity index (χ3v) is 2.85. The van der Waals surface area contributed by atoms with E-state index < -0.39 is 11.6 Å². The summed E-state index contributed by atoms with van der Waals surface area (Å²) in [4.78, 5) is 22.7. The van der Waals surface area contributed by atoms with Crippen LogP contribution in [0.4, 0.5) is 26.1 Å². The van der Waals surface area contributed by atoms with Gasteiger partial charge in [0, 0.05) is 26.0 Å². The van der Waals surface area contributed by atoms with Gasteiger partial charge in [0.15, 0.2) is 5.75 Å². The topological polar surface area (TPSA) is 89.0 Å². The molecule has 2 aromatic heterocycles. The first kappa shape index (κ1) is 17.5. The van der Waals surface area contributed by atoms with Crippen molar-refractivity contribution in [3.63, 3.8) is 0 Å². The number of rotatable bonds is 6. The minimum atomic E-state index is -3.08. The maximum Gasteiger partial charge on any atom is 0.287 e. The van der Waals surface area contributed by atoms with Crippen molar-refractivity contribution in [2.45, 2.75) is 26.7 Å². The molecule has 0 saturated heterocycles. The highest BCUT2D eigenvalue weighted by Gasteiger charge is 2.26. The Bertz CT molecular complexity index is 734. The lowest BCUT2D eigenvalue weighted by Gasteiger charge is -2.14. The largest absolute Gasteiger partial charge is 0.490 e. The Morgan fingerprint density at radius 3 is 2.62 bits per heavy atom. The standard InChI is InChI=1S/C15H17F2N5O2/c1-4-24-11-7-18-13(21-9(2)23)5-10(11)22-14-6-12(15(3,16)17)19-8-20-14/h5-8H,4H2,1-3H3,(H2,18,19,20,21,22,23). The van der Waals surface area contributed by atoms with E-state index in [1.54, 1.807) is 6.92 Å². The quantitative estimate of drug-likeness (QED) is 0.842. The third-order valence-electron chi connectivity index (χ3n) is 2.85. The van der Waals surface area contributed by atoms with Crippen LogP contribution in [0.1, 0.15) is 26.5 Å². The fraction of sp³-hybridized carbons (Fsp3) is 0.333. The van der Waals surface area contributed by atoms with Crippen molar-refractivity contribution >= 4 is 23.2 Å². The van der Waals surface area contributed by atoms with Crippen molar-refractivity contribution in [2.75, 3.05) is 17.2 Å². The van der Waals surface area contributed by atoms with Gasteiger partial charge in [0.1, 0.15) is 23.7 Å². The smallest absolute Gasteiger partial charge is 0.287 e. The molecule has 128 valence electrons. The number of hydrogen-bond acceptors (Lipinski definition) is 6. The number of alkyl halides is 2. The summed E-state index contributed by atoms with van der Waals surface area (Å²) in [7, 11) is 0. The van der Waals surface area contributed by atoms with Crippen molar-refractivity contribution in [2.24, 2.45) is 0 Å². The number of halogens is 2. The molecule has 1 amide bonds. The van der Waals surface area contributed by atoms with Crippen LogP contribution in [0.5, 0.6) is 5.75 Å². The molecule has 2 aromatic rings. The van der Waals surface area contributed by atoms with Crippen LogP contribution in [-0.2, 0) is 10.7 Å². The molecule has 0 radical (unpaired) electrons. The number of carbonyl (C=O) groups is 1. The van der Waals surface area contributed by atoms with Crippen LogP contribution in [0.3, 0.4) is 0 Å². The molecule has 2 N–H and O–H groups in total. The molecule has 0 saturated carbocycles. The van der Waals surface area contributed by atoms with Crippen LogP contribution in [0.15, 0.2) is 24.7 Å². The molecule has 0 aliphatic heterocycles. The molecule has 2 heterocycles. The molecule has 0 aromatic carbocycles. The Hall–Kier alpha value is -2.84. The summed E-state index contributed by atoms with van der Waals surface area (Å²) in [6, 6.07) is 2.67. The van der Waals surface area contributed by atoms with E-state index in [9.17, 15) is 13.6 Å². The fourth-order valence-electron chi connectivity index (χ4n) is 1.86. The number of pyridine rings is 1. The minimum Gasteiger partial charge on any atom is -0.490 e. The first-order valence-electron chi connectivity index (χ1n) is 7.17. The van der Waals surface area contributed by atoms with Gasteiger partial charge in [-0.3, -0.25) is 4.79 Å². The van der Waals surface area contributed by atoms with Crippen LogP contribution in [0, 0.1) is 0 Å². The highest BCUT2D eigenvalue weighted by atomic mass is 19.3. The first-order valence-corrected chi connectivity index (χ1v) is 7.17. The van der Waals surface area contributed by atoms with Gasteiger partial charge in [-0.25, -0.2) is 15.0 Å². The Morgan fingerprint density at radius 2 is 2.00 bits per heavy atom. The lowest BCUT2D eigenvalue weighted by atomic mass is 10.2. The average molecular weight is 337 g/mol. The minimum absolute atomic E-state index is 0.169. The molecular formula is C15H17F2N5O2. The zero-order valence-corrected chi connectivity index (χ0v) is 13.4. The van der Waals surface area contributed by atoms with Crippen molar-refractivity contribution in [3.05, 3.63) is 30.4 Å². The monoisotopic (exact) mass is 337 g/mol. The summed E-state index contributed by atoms with van der Waals surface area (Å²) >= 11 is 0. The molecule has 24 heavy (non-hydrogen) atoms. The molecule has 0 aliphatic carbocycles. The van der Waals surface area contributed by atoms with Crippen LogP contribution >= 0.6 is 0 Å². The van der Waals surface area contributed by atoms with Gasteiger partial charge in [-0.15, -0.1) is 0 Å². The number of anilines is 3. The van der Waals surface area contributed by atoms with Gasteiger partial charge < -0.3 is 15.4 Å². The molecule has 9 heteroatoms. The number of aromatic nitrogens is 3. The summed E-state index contributed by atoms with van der Waals surface area (Å²) in [5, 5.41) is 5.42. The van der Waals surface area contributed by atoms with E-state index in [0.717, 1.165) is 19.3 Å². The molecule has 0 unspecified atom stereocenters. The lowest BCUT2D eigenvalue weighted by molar-refractivity contribution is -0.114. The predicted octanol–water partition coefficient (Wildman–Crippen LogP) is 3.08. The molecule has 0 aliphatic rings. The molecule has 0 spiro atoms. The second-order valence-corrected chi connectivity index (χ2v) is 4.98.